The first-order chi connectivity index (χ1) is 17.5. The highest BCUT2D eigenvalue weighted by molar-refractivity contribution is 7.14. The summed E-state index contributed by atoms with van der Waals surface area (Å²) in [6.07, 6.45) is 0.697. The minimum absolute atomic E-state index is 0.0809. The number of nitrogens with zero attached hydrogens (tertiary/aromatic N) is 2. The van der Waals surface area contributed by atoms with Crippen LogP contribution in [0.2, 0.25) is 0 Å². The van der Waals surface area contributed by atoms with E-state index in [2.05, 4.69) is 22.3 Å². The minimum Gasteiger partial charge on any atom is -0.481 e. The summed E-state index contributed by atoms with van der Waals surface area (Å²) in [5.41, 5.74) is 3.75. The van der Waals surface area contributed by atoms with Crippen molar-refractivity contribution < 1.29 is 19.1 Å². The number of carboxylic acid groups (broad SMARTS) is 1. The third-order valence-electron chi connectivity index (χ3n) is 5.64. The van der Waals surface area contributed by atoms with Crippen LogP contribution < -0.4 is 10.2 Å². The van der Waals surface area contributed by atoms with Crippen LogP contribution >= 0.6 is 11.3 Å². The van der Waals surface area contributed by atoms with Gasteiger partial charge in [0.05, 0.1) is 12.1 Å². The smallest absolute Gasteiger partial charge is 0.305 e. The van der Waals surface area contributed by atoms with Gasteiger partial charge in [0.25, 0.3) is 5.91 Å². The van der Waals surface area contributed by atoms with Crippen molar-refractivity contribution >= 4 is 28.3 Å². The van der Waals surface area contributed by atoms with Crippen molar-refractivity contribution in [1.82, 2.24) is 10.3 Å². The number of carboxylic acids is 1. The molecule has 0 saturated carbocycles. The molecule has 4 rings (SSSR count). The van der Waals surface area contributed by atoms with Crippen LogP contribution in [-0.4, -0.2) is 35.1 Å². The fourth-order valence-corrected chi connectivity index (χ4v) is 4.57. The van der Waals surface area contributed by atoms with E-state index in [1.165, 1.54) is 23.0 Å². The van der Waals surface area contributed by atoms with Gasteiger partial charge in [-0.15, -0.1) is 11.3 Å². The summed E-state index contributed by atoms with van der Waals surface area (Å²) in [6, 6.07) is 24.0. The zero-order valence-corrected chi connectivity index (χ0v) is 20.4. The van der Waals surface area contributed by atoms with Crippen molar-refractivity contribution in [2.45, 2.75) is 19.4 Å². The van der Waals surface area contributed by atoms with E-state index < -0.39 is 5.97 Å². The molecule has 0 radical (unpaired) electrons. The molecule has 1 aromatic heterocycles. The number of carbonyl (C=O) groups excluding carboxylic acids is 1. The van der Waals surface area contributed by atoms with Crippen LogP contribution in [-0.2, 0) is 17.8 Å². The Morgan fingerprint density at radius 3 is 2.39 bits per heavy atom. The molecule has 0 aliphatic heterocycles. The van der Waals surface area contributed by atoms with E-state index in [0.717, 1.165) is 17.1 Å². The second-order valence-electron chi connectivity index (χ2n) is 8.25. The zero-order valence-electron chi connectivity index (χ0n) is 19.6. The van der Waals surface area contributed by atoms with Gasteiger partial charge in [0.15, 0.2) is 5.13 Å². The first-order valence-electron chi connectivity index (χ1n) is 11.6. The van der Waals surface area contributed by atoms with E-state index in [-0.39, 0.29) is 24.7 Å². The normalized spacial score (nSPS) is 10.7. The van der Waals surface area contributed by atoms with Crippen LogP contribution in [0, 0.1) is 5.82 Å². The average Bonchev–Trinajstić information content (AvgIpc) is 3.37. The van der Waals surface area contributed by atoms with Crippen LogP contribution in [0.5, 0.6) is 0 Å². The van der Waals surface area contributed by atoms with Gasteiger partial charge in [-0.2, -0.15) is 0 Å². The van der Waals surface area contributed by atoms with Crippen LogP contribution in [0.15, 0.2) is 84.2 Å². The Hall–Kier alpha value is -4.04. The highest BCUT2D eigenvalue weighted by atomic mass is 32.1. The molecule has 0 bridgehead atoms. The van der Waals surface area contributed by atoms with E-state index in [9.17, 15) is 14.0 Å². The number of carbonyl (C=O) groups is 2. The highest BCUT2D eigenvalue weighted by Crippen LogP contribution is 2.30. The van der Waals surface area contributed by atoms with Gasteiger partial charge < -0.3 is 15.3 Å². The second-order valence-corrected chi connectivity index (χ2v) is 9.09. The molecule has 0 aliphatic rings. The van der Waals surface area contributed by atoms with Crippen molar-refractivity contribution in [3.63, 3.8) is 0 Å². The predicted octanol–water partition coefficient (Wildman–Crippen LogP) is 5.40. The fourth-order valence-electron chi connectivity index (χ4n) is 3.72. The third-order valence-corrected chi connectivity index (χ3v) is 6.54. The number of thiazole rings is 1. The molecular weight excluding hydrogens is 477 g/mol. The number of anilines is 1. The Morgan fingerprint density at radius 1 is 0.944 bits per heavy atom. The number of hydrogen-bond donors (Lipinski definition) is 2. The molecule has 0 atom stereocenters. The SMILES string of the molecule is O=C(O)CCNC(=O)c1ccc(CN(CCc2ccccc2)c2nc(-c3ccccc3F)cs2)cc1. The number of benzene rings is 3. The van der Waals surface area contributed by atoms with Gasteiger partial charge in [-0.25, -0.2) is 9.37 Å². The van der Waals surface area contributed by atoms with E-state index in [0.29, 0.717) is 29.9 Å². The van der Waals surface area contributed by atoms with Gasteiger partial charge in [-0.05, 0) is 41.8 Å². The first kappa shape index (κ1) is 25.1. The van der Waals surface area contributed by atoms with Crippen molar-refractivity contribution in [3.8, 4) is 11.3 Å². The van der Waals surface area contributed by atoms with Gasteiger partial charge in [0.1, 0.15) is 5.82 Å². The second kappa shape index (κ2) is 12.1. The summed E-state index contributed by atoms with van der Waals surface area (Å²) in [5, 5.41) is 14.0. The molecule has 184 valence electrons. The lowest BCUT2D eigenvalue weighted by Gasteiger charge is -2.22. The van der Waals surface area contributed by atoms with E-state index in [1.54, 1.807) is 30.3 Å². The van der Waals surface area contributed by atoms with Gasteiger partial charge in [-0.3, -0.25) is 9.59 Å². The van der Waals surface area contributed by atoms with Crippen molar-refractivity contribution in [3.05, 3.63) is 107 Å². The predicted molar refractivity (Wildman–Crippen MR) is 140 cm³/mol. The summed E-state index contributed by atoms with van der Waals surface area (Å²) >= 11 is 1.47. The van der Waals surface area contributed by atoms with Gasteiger partial charge in [-0.1, -0.05) is 54.6 Å². The van der Waals surface area contributed by atoms with E-state index >= 15 is 0 Å². The number of nitrogens with one attached hydrogen (secondary N) is 1. The molecule has 4 aromatic rings. The maximum absolute atomic E-state index is 14.3. The third kappa shape index (κ3) is 6.76. The summed E-state index contributed by atoms with van der Waals surface area (Å²) in [5.74, 6) is -1.57. The standard InChI is InChI=1S/C28H26FN3O3S/c29-24-9-5-4-8-23(24)25-19-36-28(31-25)32(17-15-20-6-2-1-3-7-20)18-21-10-12-22(13-11-21)27(35)30-16-14-26(33)34/h1-13,19H,14-18H2,(H,30,35)(H,33,34). The number of aromatic nitrogens is 1. The zero-order chi connectivity index (χ0) is 25.3. The quantitative estimate of drug-likeness (QED) is 0.286. The number of aliphatic carboxylic acids is 1. The lowest BCUT2D eigenvalue weighted by Crippen LogP contribution is -2.26. The molecule has 1 amide bonds. The fraction of sp³-hybridized carbons (Fsp3) is 0.179. The molecule has 8 heteroatoms. The van der Waals surface area contributed by atoms with Gasteiger partial charge in [0.2, 0.25) is 0 Å². The van der Waals surface area contributed by atoms with Crippen molar-refractivity contribution in [1.29, 1.82) is 0 Å². The average molecular weight is 504 g/mol. The van der Waals surface area contributed by atoms with Crippen LogP contribution in [0.3, 0.4) is 0 Å². The topological polar surface area (TPSA) is 82.5 Å². The largest absolute Gasteiger partial charge is 0.481 e. The van der Waals surface area contributed by atoms with Crippen LogP contribution in [0.25, 0.3) is 11.3 Å². The number of amides is 1. The summed E-state index contributed by atoms with van der Waals surface area (Å²) in [7, 11) is 0. The Labute approximate surface area is 213 Å². The highest BCUT2D eigenvalue weighted by Gasteiger charge is 2.15. The van der Waals surface area contributed by atoms with Gasteiger partial charge >= 0.3 is 5.97 Å². The molecular formula is C28H26FN3O3S. The Morgan fingerprint density at radius 2 is 1.67 bits per heavy atom. The Bertz CT molecular complexity index is 1310. The van der Waals surface area contributed by atoms with E-state index in [4.69, 9.17) is 10.1 Å². The molecule has 0 unspecified atom stereocenters. The minimum atomic E-state index is -0.957. The van der Waals surface area contributed by atoms with Crippen LogP contribution in [0.4, 0.5) is 9.52 Å². The maximum atomic E-state index is 14.3. The van der Waals surface area contributed by atoms with Crippen LogP contribution in [0.1, 0.15) is 27.9 Å². The summed E-state index contributed by atoms with van der Waals surface area (Å²) in [4.78, 5) is 29.8. The molecule has 1 heterocycles. The molecule has 36 heavy (non-hydrogen) atoms. The Balaban J connectivity index is 1.50. The lowest BCUT2D eigenvalue weighted by molar-refractivity contribution is -0.136. The molecule has 3 aromatic carbocycles. The lowest BCUT2D eigenvalue weighted by atomic mass is 10.1. The van der Waals surface area contributed by atoms with Crippen molar-refractivity contribution in [2.75, 3.05) is 18.0 Å². The summed E-state index contributed by atoms with van der Waals surface area (Å²) in [6.45, 7) is 1.36. The number of hydrogen-bond acceptors (Lipinski definition) is 5. The van der Waals surface area contributed by atoms with Gasteiger partial charge in [0, 0.05) is 36.1 Å². The molecule has 2 N–H and O–H groups in total. The molecule has 0 aliphatic carbocycles. The molecule has 6 nitrogen and oxygen atoms in total. The summed E-state index contributed by atoms with van der Waals surface area (Å²) < 4.78 is 14.3. The van der Waals surface area contributed by atoms with Crippen molar-refractivity contribution in [2.24, 2.45) is 0 Å². The number of halogens is 1. The molecule has 0 fully saturated rings. The number of rotatable bonds is 11. The molecule has 0 saturated heterocycles. The Kier molecular flexibility index (Phi) is 8.41. The van der Waals surface area contributed by atoms with E-state index in [1.807, 2.05) is 35.7 Å². The monoisotopic (exact) mass is 503 g/mol. The first-order valence-corrected chi connectivity index (χ1v) is 12.5. The maximum Gasteiger partial charge on any atom is 0.305 e. The molecule has 0 spiro atoms.